The highest BCUT2D eigenvalue weighted by atomic mass is 16.5. The van der Waals surface area contributed by atoms with Gasteiger partial charge >= 0.3 is 0 Å². The van der Waals surface area contributed by atoms with Crippen molar-refractivity contribution in [3.8, 4) is 11.5 Å². The molecular weight excluding hydrogens is 282 g/mol. The highest BCUT2D eigenvalue weighted by molar-refractivity contribution is 5.76. The van der Waals surface area contributed by atoms with Crippen molar-refractivity contribution < 1.29 is 13.9 Å². The number of carbonyl (C=O) groups is 1. The van der Waals surface area contributed by atoms with E-state index in [0.717, 1.165) is 5.56 Å². The molecule has 0 spiro atoms. The molecule has 0 unspecified atom stereocenters. The number of hydrogen-bond donors (Lipinski definition) is 1. The van der Waals surface area contributed by atoms with Crippen LogP contribution in [0.25, 0.3) is 11.5 Å². The molecule has 0 radical (unpaired) electrons. The van der Waals surface area contributed by atoms with Crippen molar-refractivity contribution in [1.82, 2.24) is 15.5 Å². The molecule has 22 heavy (non-hydrogen) atoms. The zero-order valence-corrected chi connectivity index (χ0v) is 12.9. The van der Waals surface area contributed by atoms with E-state index in [-0.39, 0.29) is 11.9 Å². The van der Waals surface area contributed by atoms with Gasteiger partial charge in [0.05, 0.1) is 6.61 Å². The number of rotatable bonds is 8. The maximum atomic E-state index is 11.7. The summed E-state index contributed by atoms with van der Waals surface area (Å²) in [6, 6.07) is 9.63. The largest absolute Gasteiger partial charge is 0.421 e. The van der Waals surface area contributed by atoms with Gasteiger partial charge in [-0.05, 0) is 25.5 Å². The molecule has 0 saturated heterocycles. The lowest BCUT2D eigenvalue weighted by atomic mass is 10.2. The van der Waals surface area contributed by atoms with Crippen LogP contribution in [0.1, 0.15) is 25.7 Å². The molecule has 6 nitrogen and oxygen atoms in total. The van der Waals surface area contributed by atoms with Gasteiger partial charge in [-0.25, -0.2) is 0 Å². The van der Waals surface area contributed by atoms with Crippen molar-refractivity contribution in [2.24, 2.45) is 0 Å². The van der Waals surface area contributed by atoms with Crippen LogP contribution >= 0.6 is 0 Å². The molecule has 0 bridgehead atoms. The van der Waals surface area contributed by atoms with Gasteiger partial charge in [-0.2, -0.15) is 0 Å². The molecule has 6 heteroatoms. The topological polar surface area (TPSA) is 77.2 Å². The standard InChI is InChI=1S/C16H21N3O3/c1-12(11-21-2)17-14(20)9-6-10-15-18-19-16(22-15)13-7-4-3-5-8-13/h3-5,7-8,12H,6,9-11H2,1-2H3,(H,17,20)/t12-/m1/s1. The van der Waals surface area contributed by atoms with E-state index in [0.29, 0.717) is 37.7 Å². The van der Waals surface area contributed by atoms with Crippen molar-refractivity contribution in [1.29, 1.82) is 0 Å². The summed E-state index contributed by atoms with van der Waals surface area (Å²) in [6.07, 6.45) is 1.69. The van der Waals surface area contributed by atoms with Crippen LogP contribution in [0.2, 0.25) is 0 Å². The summed E-state index contributed by atoms with van der Waals surface area (Å²) in [5.41, 5.74) is 0.896. The normalized spacial score (nSPS) is 12.1. The molecule has 118 valence electrons. The third-order valence-electron chi connectivity index (χ3n) is 3.11. The van der Waals surface area contributed by atoms with Gasteiger partial charge in [0.15, 0.2) is 0 Å². The van der Waals surface area contributed by atoms with E-state index >= 15 is 0 Å². The third-order valence-corrected chi connectivity index (χ3v) is 3.11. The molecule has 0 saturated carbocycles. The SMILES string of the molecule is COC[C@@H](C)NC(=O)CCCc1nnc(-c2ccccc2)o1. The van der Waals surface area contributed by atoms with Crippen molar-refractivity contribution in [3.05, 3.63) is 36.2 Å². The summed E-state index contributed by atoms with van der Waals surface area (Å²) in [7, 11) is 1.61. The van der Waals surface area contributed by atoms with E-state index in [2.05, 4.69) is 15.5 Å². The van der Waals surface area contributed by atoms with E-state index in [4.69, 9.17) is 9.15 Å². The Hall–Kier alpha value is -2.21. The second kappa shape index (κ2) is 8.29. The van der Waals surface area contributed by atoms with Gasteiger partial charge in [0.1, 0.15) is 0 Å². The molecule has 1 heterocycles. The van der Waals surface area contributed by atoms with Crippen LogP contribution in [0, 0.1) is 0 Å². The van der Waals surface area contributed by atoms with Crippen LogP contribution < -0.4 is 5.32 Å². The van der Waals surface area contributed by atoms with Crippen molar-refractivity contribution in [2.45, 2.75) is 32.2 Å². The van der Waals surface area contributed by atoms with E-state index in [1.54, 1.807) is 7.11 Å². The summed E-state index contributed by atoms with van der Waals surface area (Å²) in [5.74, 6) is 1.07. The molecule has 0 aliphatic carbocycles. The number of nitrogens with one attached hydrogen (secondary N) is 1. The number of hydrogen-bond acceptors (Lipinski definition) is 5. The summed E-state index contributed by atoms with van der Waals surface area (Å²) in [5, 5.41) is 10.9. The van der Waals surface area contributed by atoms with Gasteiger partial charge in [0.2, 0.25) is 17.7 Å². The maximum Gasteiger partial charge on any atom is 0.247 e. The highest BCUT2D eigenvalue weighted by Crippen LogP contribution is 2.17. The Morgan fingerprint density at radius 2 is 2.09 bits per heavy atom. The summed E-state index contributed by atoms with van der Waals surface area (Å²) >= 11 is 0. The van der Waals surface area contributed by atoms with Gasteiger partial charge in [-0.15, -0.1) is 10.2 Å². The third kappa shape index (κ3) is 4.96. The Bertz CT molecular complexity index is 583. The minimum atomic E-state index is 0.00680. The van der Waals surface area contributed by atoms with Gasteiger partial charge in [-0.3, -0.25) is 4.79 Å². The summed E-state index contributed by atoms with van der Waals surface area (Å²) < 4.78 is 10.6. The minimum absolute atomic E-state index is 0.00680. The lowest BCUT2D eigenvalue weighted by Crippen LogP contribution is -2.35. The second-order valence-electron chi connectivity index (χ2n) is 5.14. The fourth-order valence-electron chi connectivity index (χ4n) is 2.09. The van der Waals surface area contributed by atoms with Gasteiger partial charge in [0.25, 0.3) is 0 Å². The Morgan fingerprint density at radius 3 is 2.82 bits per heavy atom. The first-order chi connectivity index (χ1) is 10.7. The van der Waals surface area contributed by atoms with E-state index in [1.807, 2.05) is 37.3 Å². The number of methoxy groups -OCH3 is 1. The Morgan fingerprint density at radius 1 is 1.32 bits per heavy atom. The van der Waals surface area contributed by atoms with Gasteiger partial charge < -0.3 is 14.5 Å². The van der Waals surface area contributed by atoms with Crippen LogP contribution in [0.15, 0.2) is 34.7 Å². The first-order valence-electron chi connectivity index (χ1n) is 7.35. The summed E-state index contributed by atoms with van der Waals surface area (Å²) in [4.78, 5) is 11.7. The molecular formula is C16H21N3O3. The van der Waals surface area contributed by atoms with Gasteiger partial charge in [0, 0.05) is 31.6 Å². The Labute approximate surface area is 129 Å². The monoisotopic (exact) mass is 303 g/mol. The maximum absolute atomic E-state index is 11.7. The van der Waals surface area contributed by atoms with Crippen LogP contribution in [0.4, 0.5) is 0 Å². The van der Waals surface area contributed by atoms with Crippen LogP contribution in [0.5, 0.6) is 0 Å². The number of aryl methyl sites for hydroxylation is 1. The number of carbonyl (C=O) groups excluding carboxylic acids is 1. The van der Waals surface area contributed by atoms with Crippen molar-refractivity contribution in [2.75, 3.05) is 13.7 Å². The van der Waals surface area contributed by atoms with Gasteiger partial charge in [-0.1, -0.05) is 18.2 Å². The van der Waals surface area contributed by atoms with Crippen molar-refractivity contribution in [3.63, 3.8) is 0 Å². The van der Waals surface area contributed by atoms with Crippen LogP contribution in [-0.4, -0.2) is 35.9 Å². The van der Waals surface area contributed by atoms with E-state index in [9.17, 15) is 4.79 Å². The first kappa shape index (κ1) is 16.2. The summed E-state index contributed by atoms with van der Waals surface area (Å²) in [6.45, 7) is 2.42. The zero-order chi connectivity index (χ0) is 15.8. The smallest absolute Gasteiger partial charge is 0.247 e. The molecule has 1 amide bonds. The van der Waals surface area contributed by atoms with Crippen LogP contribution in [0.3, 0.4) is 0 Å². The molecule has 0 aliphatic rings. The lowest BCUT2D eigenvalue weighted by molar-refractivity contribution is -0.122. The number of nitrogens with zero attached hydrogens (tertiary/aromatic N) is 2. The van der Waals surface area contributed by atoms with Crippen molar-refractivity contribution >= 4 is 5.91 Å². The van der Waals surface area contributed by atoms with E-state index < -0.39 is 0 Å². The minimum Gasteiger partial charge on any atom is -0.421 e. The van der Waals surface area contributed by atoms with Crippen LogP contribution in [-0.2, 0) is 16.0 Å². The predicted molar refractivity (Wildman–Crippen MR) is 82.2 cm³/mol. The average Bonchev–Trinajstić information content (AvgIpc) is 2.97. The predicted octanol–water partition coefficient (Wildman–Crippen LogP) is 2.21. The lowest BCUT2D eigenvalue weighted by Gasteiger charge is -2.12. The number of amides is 1. The molecule has 1 aromatic heterocycles. The quantitative estimate of drug-likeness (QED) is 0.809. The number of ether oxygens (including phenoxy) is 1. The molecule has 0 aliphatic heterocycles. The number of benzene rings is 1. The first-order valence-corrected chi connectivity index (χ1v) is 7.35. The fourth-order valence-corrected chi connectivity index (χ4v) is 2.09. The molecule has 1 aromatic carbocycles. The zero-order valence-electron chi connectivity index (χ0n) is 12.9. The fraction of sp³-hybridized carbons (Fsp3) is 0.438. The average molecular weight is 303 g/mol. The molecule has 1 atom stereocenters. The Kier molecular flexibility index (Phi) is 6.09. The number of aromatic nitrogens is 2. The molecule has 0 fully saturated rings. The second-order valence-corrected chi connectivity index (χ2v) is 5.14. The molecule has 1 N–H and O–H groups in total. The molecule has 2 rings (SSSR count). The Balaban J connectivity index is 1.76. The van der Waals surface area contributed by atoms with E-state index in [1.165, 1.54) is 0 Å². The molecule has 2 aromatic rings. The highest BCUT2D eigenvalue weighted by Gasteiger charge is 2.10.